The molecule has 0 aliphatic rings. The molecule has 11 heteroatoms. The zero-order chi connectivity index (χ0) is 19.6. The van der Waals surface area contributed by atoms with Crippen molar-refractivity contribution in [2.75, 3.05) is 0 Å². The molecule has 0 aromatic rings. The van der Waals surface area contributed by atoms with Crippen LogP contribution in [0.5, 0.6) is 0 Å². The van der Waals surface area contributed by atoms with E-state index in [0.29, 0.717) is 0 Å². The van der Waals surface area contributed by atoms with Crippen molar-refractivity contribution in [1.82, 2.24) is 0 Å². The van der Waals surface area contributed by atoms with Gasteiger partial charge in [0.1, 0.15) is 0 Å². The van der Waals surface area contributed by atoms with E-state index < -0.39 is 48.3 Å². The van der Waals surface area contributed by atoms with Gasteiger partial charge in [-0.2, -0.15) is 0 Å². The van der Waals surface area contributed by atoms with Crippen LogP contribution < -0.4 is 0 Å². The summed E-state index contributed by atoms with van der Waals surface area (Å²) < 4.78 is 25.1. The van der Waals surface area contributed by atoms with E-state index in [9.17, 15) is 9.90 Å². The Kier molecular flexibility index (Phi) is 8.09. The first-order valence-corrected chi connectivity index (χ1v) is 23.2. The summed E-state index contributed by atoms with van der Waals surface area (Å²) >= 11 is 0. The van der Waals surface area contributed by atoms with Crippen molar-refractivity contribution >= 4 is 48.3 Å². The predicted molar refractivity (Wildman–Crippen MR) is 108 cm³/mol. The number of hydrogen-bond donors (Lipinski definition) is 0. The van der Waals surface area contributed by atoms with Crippen LogP contribution in [0, 0.1) is 0 Å². The third kappa shape index (κ3) is 11.9. The number of hydrogen-bond acceptors (Lipinski definition) is 5. The van der Waals surface area contributed by atoms with Crippen molar-refractivity contribution in [2.24, 2.45) is 0 Å². The molecule has 0 spiro atoms. The minimum absolute atomic E-state index is 0.0331. The van der Waals surface area contributed by atoms with E-state index in [1.165, 1.54) is 0 Å². The van der Waals surface area contributed by atoms with Gasteiger partial charge in [0.05, 0.1) is 6.04 Å². The lowest BCUT2D eigenvalue weighted by atomic mass is 10.8. The maximum absolute atomic E-state index is 10.9. The Morgan fingerprint density at radius 3 is 1.29 bits per heavy atom. The van der Waals surface area contributed by atoms with E-state index in [2.05, 4.69) is 19.6 Å². The third-order valence-electron chi connectivity index (χ3n) is 2.63. The molecule has 0 rings (SSSR count). The monoisotopic (exact) mass is 427 g/mol. The van der Waals surface area contributed by atoms with Gasteiger partial charge >= 0.3 is 31.7 Å². The summed E-state index contributed by atoms with van der Waals surface area (Å²) in [7, 11) is -11.3. The highest BCUT2D eigenvalue weighted by molar-refractivity contribution is 6.90. The molecule has 0 unspecified atom stereocenters. The van der Waals surface area contributed by atoms with Crippen LogP contribution in [0.3, 0.4) is 0 Å². The Balaban J connectivity index is 4.97. The average molecular weight is 428 g/mol. The summed E-state index contributed by atoms with van der Waals surface area (Å²) in [6.07, 6.45) is 0. The molecule has 0 aromatic heterocycles. The van der Waals surface area contributed by atoms with Crippen LogP contribution in [0.2, 0.25) is 78.1 Å². The molecule has 0 N–H and O–H groups in total. The molecule has 0 aliphatic heterocycles. The molecule has 0 bridgehead atoms. The van der Waals surface area contributed by atoms with Crippen molar-refractivity contribution in [3.8, 4) is 0 Å². The van der Waals surface area contributed by atoms with Crippen LogP contribution in [-0.2, 0) is 26.4 Å². The topological polar surface area (TPSA) is 73.9 Å². The van der Waals surface area contributed by atoms with Crippen LogP contribution >= 0.6 is 0 Å². The van der Waals surface area contributed by atoms with Gasteiger partial charge in [0.25, 0.3) is 0 Å². The smallest absolute Gasteiger partial charge is 0.355 e. The standard InChI is InChI=1S/C13H35O6Si5/c1-20(2,3)16-22(6,7)18-24(10,11)19-23(8,9)17-21(4,5)12-13(14)15/h12H2,1-11H3. The first-order valence-electron chi connectivity index (χ1n) is 8.25. The molecule has 143 valence electrons. The number of carbonyl (C=O) groups is 1. The average Bonchev–Trinajstić information content (AvgIpc) is 2.00. The second-order valence-electron chi connectivity index (χ2n) is 9.03. The zero-order valence-electron chi connectivity index (χ0n) is 17.2. The molecular formula is C13H35O6Si5. The highest BCUT2D eigenvalue weighted by Gasteiger charge is 2.45. The predicted octanol–water partition coefficient (Wildman–Crippen LogP) is 4.16. The summed E-state index contributed by atoms with van der Waals surface area (Å²) in [6.45, 7) is 22.2. The highest BCUT2D eigenvalue weighted by atomic mass is 28.5. The Morgan fingerprint density at radius 1 is 0.625 bits per heavy atom. The SMILES string of the molecule is C[Si](C)(C)O[Si](C)(C)O[Si](C)(C)O[Si](C)(C)O[Si](C)(C)CC([O])=O. The normalized spacial score (nSPS) is 14.8. The van der Waals surface area contributed by atoms with Crippen LogP contribution in [0.15, 0.2) is 0 Å². The number of carbonyl (C=O) groups excluding carboxylic acids is 1. The van der Waals surface area contributed by atoms with Gasteiger partial charge in [-0.25, -0.2) is 9.90 Å². The second-order valence-corrected chi connectivity index (χ2v) is 28.8. The van der Waals surface area contributed by atoms with Crippen molar-refractivity contribution in [3.63, 3.8) is 0 Å². The lowest BCUT2D eigenvalue weighted by molar-refractivity contribution is -0.140. The van der Waals surface area contributed by atoms with Gasteiger partial charge in [-0.3, -0.25) is 0 Å². The van der Waals surface area contributed by atoms with Gasteiger partial charge < -0.3 is 16.5 Å². The lowest BCUT2D eigenvalue weighted by Crippen LogP contribution is -2.58. The van der Waals surface area contributed by atoms with E-state index >= 15 is 0 Å². The molecule has 0 fully saturated rings. The Morgan fingerprint density at radius 2 is 0.958 bits per heavy atom. The fraction of sp³-hybridized carbons (Fsp3) is 0.923. The summed E-state index contributed by atoms with van der Waals surface area (Å²) in [4.78, 5) is 10.9. The second kappa shape index (κ2) is 7.96. The first kappa shape index (κ1) is 24.4. The van der Waals surface area contributed by atoms with Crippen LogP contribution in [0.1, 0.15) is 0 Å². The van der Waals surface area contributed by atoms with E-state index in [1.54, 1.807) is 0 Å². The molecule has 0 aliphatic carbocycles. The van der Waals surface area contributed by atoms with Gasteiger partial charge in [-0.15, -0.1) is 0 Å². The summed E-state index contributed by atoms with van der Waals surface area (Å²) in [5, 5.41) is 10.9. The molecule has 0 aromatic carbocycles. The fourth-order valence-electron chi connectivity index (χ4n) is 3.03. The Hall–Kier alpha value is 0.394. The molecule has 24 heavy (non-hydrogen) atoms. The molecule has 6 nitrogen and oxygen atoms in total. The van der Waals surface area contributed by atoms with Crippen molar-refractivity contribution in [2.45, 2.75) is 78.1 Å². The molecule has 0 saturated heterocycles. The zero-order valence-corrected chi connectivity index (χ0v) is 22.2. The van der Waals surface area contributed by atoms with Gasteiger partial charge in [-0.05, 0) is 72.0 Å². The van der Waals surface area contributed by atoms with Crippen molar-refractivity contribution in [1.29, 1.82) is 0 Å². The molecule has 0 saturated carbocycles. The van der Waals surface area contributed by atoms with E-state index in [-0.39, 0.29) is 6.04 Å². The van der Waals surface area contributed by atoms with Crippen molar-refractivity contribution in [3.05, 3.63) is 0 Å². The molecule has 0 heterocycles. The molecule has 0 atom stereocenters. The fourth-order valence-corrected chi connectivity index (χ4v) is 26.3. The van der Waals surface area contributed by atoms with E-state index in [0.717, 1.165) is 0 Å². The highest BCUT2D eigenvalue weighted by Crippen LogP contribution is 2.26. The summed E-state index contributed by atoms with van der Waals surface area (Å²) in [5.74, 6) is -1.07. The lowest BCUT2D eigenvalue weighted by Gasteiger charge is -2.41. The van der Waals surface area contributed by atoms with E-state index in [4.69, 9.17) is 16.5 Å². The number of rotatable bonds is 10. The maximum atomic E-state index is 10.9. The first-order chi connectivity index (χ1) is 10.2. The van der Waals surface area contributed by atoms with Gasteiger partial charge in [0.2, 0.25) is 0 Å². The summed E-state index contributed by atoms with van der Waals surface area (Å²) in [5.41, 5.74) is 0. The van der Waals surface area contributed by atoms with Crippen molar-refractivity contribution < 1.29 is 26.4 Å². The Labute approximate surface area is 152 Å². The van der Waals surface area contributed by atoms with E-state index in [1.807, 2.05) is 52.4 Å². The third-order valence-corrected chi connectivity index (χ3v) is 20.2. The largest absolute Gasteiger partial charge is 0.437 e. The molecular weight excluding hydrogens is 393 g/mol. The van der Waals surface area contributed by atoms with Crippen LogP contribution in [0.25, 0.3) is 0 Å². The minimum Gasteiger partial charge on any atom is -0.437 e. The van der Waals surface area contributed by atoms with Crippen LogP contribution in [0.4, 0.5) is 0 Å². The Bertz CT molecular complexity index is 445. The minimum atomic E-state index is -2.51. The summed E-state index contributed by atoms with van der Waals surface area (Å²) in [6, 6.07) is -0.0331. The van der Waals surface area contributed by atoms with Gasteiger partial charge in [0, 0.05) is 0 Å². The van der Waals surface area contributed by atoms with Gasteiger partial charge in [-0.1, -0.05) is 0 Å². The molecule has 1 radical (unpaired) electrons. The molecule has 0 amide bonds. The quantitative estimate of drug-likeness (QED) is 0.489. The van der Waals surface area contributed by atoms with Gasteiger partial charge in [0.15, 0.2) is 16.6 Å². The van der Waals surface area contributed by atoms with Crippen LogP contribution in [-0.4, -0.2) is 48.3 Å². The maximum Gasteiger partial charge on any atom is 0.355 e.